The number of hydrogen-bond acceptors (Lipinski definition) is 6. The molecule has 0 N–H and O–H groups in total. The van der Waals surface area contributed by atoms with Crippen molar-refractivity contribution in [1.82, 2.24) is 9.80 Å². The molecule has 4 amide bonds. The van der Waals surface area contributed by atoms with Gasteiger partial charge in [-0.2, -0.15) is 0 Å². The summed E-state index contributed by atoms with van der Waals surface area (Å²) in [6, 6.07) is 9.09. The first kappa shape index (κ1) is 21.3. The first-order chi connectivity index (χ1) is 15.2. The molecule has 0 spiro atoms. The number of rotatable bonds is 7. The van der Waals surface area contributed by atoms with Crippen LogP contribution in [0.3, 0.4) is 0 Å². The molecule has 0 fully saturated rings. The summed E-state index contributed by atoms with van der Waals surface area (Å²) in [7, 11) is 0. The van der Waals surface area contributed by atoms with E-state index in [1.54, 1.807) is 25.1 Å². The minimum atomic E-state index is -0.670. The monoisotopic (exact) mass is 432 g/mol. The molecule has 0 bridgehead atoms. The smallest absolute Gasteiger partial charge is 0.263 e. The van der Waals surface area contributed by atoms with Gasteiger partial charge in [0.25, 0.3) is 23.6 Å². The Hall–Kier alpha value is -3.94. The van der Waals surface area contributed by atoms with Crippen molar-refractivity contribution in [2.45, 2.75) is 33.1 Å². The summed E-state index contributed by atoms with van der Waals surface area (Å²) in [5.74, 6) is -2.67. The number of carbonyl (C=O) groups is 6. The van der Waals surface area contributed by atoms with Gasteiger partial charge in [0, 0.05) is 18.4 Å². The quantitative estimate of drug-likeness (QED) is 0.492. The van der Waals surface area contributed by atoms with E-state index in [1.807, 2.05) is 0 Å². The van der Waals surface area contributed by atoms with Crippen LogP contribution in [0.25, 0.3) is 0 Å². The van der Waals surface area contributed by atoms with Gasteiger partial charge < -0.3 is 4.79 Å². The highest BCUT2D eigenvalue weighted by Gasteiger charge is 2.42. The van der Waals surface area contributed by atoms with Crippen molar-refractivity contribution in [3.63, 3.8) is 0 Å². The third-order valence-electron chi connectivity index (χ3n) is 5.63. The minimum absolute atomic E-state index is 0.00788. The maximum absolute atomic E-state index is 12.9. The van der Waals surface area contributed by atoms with Crippen LogP contribution in [0.1, 0.15) is 83.5 Å². The van der Waals surface area contributed by atoms with E-state index >= 15 is 0 Å². The molecule has 162 valence electrons. The van der Waals surface area contributed by atoms with E-state index in [9.17, 15) is 28.8 Å². The van der Waals surface area contributed by atoms with Gasteiger partial charge in [-0.25, -0.2) is 0 Å². The summed E-state index contributed by atoms with van der Waals surface area (Å²) in [6.07, 6.45) is 0.851. The Labute approximate surface area is 183 Å². The first-order valence-corrected chi connectivity index (χ1v) is 10.2. The lowest BCUT2D eigenvalue weighted by atomic mass is 10.00. The van der Waals surface area contributed by atoms with Gasteiger partial charge in [0.15, 0.2) is 5.78 Å². The van der Waals surface area contributed by atoms with Crippen molar-refractivity contribution in [3.05, 3.63) is 69.8 Å². The topological polar surface area (TPSA) is 109 Å². The molecule has 0 unspecified atom stereocenters. The molecule has 0 aliphatic carbocycles. The zero-order chi connectivity index (χ0) is 23.2. The van der Waals surface area contributed by atoms with E-state index in [1.165, 1.54) is 25.1 Å². The molecular weight excluding hydrogens is 412 g/mol. The van der Waals surface area contributed by atoms with Crippen LogP contribution in [0.2, 0.25) is 0 Å². The standard InChI is InChI=1S/C24H20N2O6/c1-13-6-8-16-18(10-13)23(31)25(21(16)29)12-26-22(30)17-9-7-15(11-19(17)24(26)32)20(28)5-3-4-14(2)27/h6-11H,3-5,12H2,1-2H3. The van der Waals surface area contributed by atoms with Gasteiger partial charge in [0.1, 0.15) is 12.5 Å². The number of nitrogens with zero attached hydrogens (tertiary/aromatic N) is 2. The van der Waals surface area contributed by atoms with Crippen LogP contribution in [0.15, 0.2) is 36.4 Å². The Morgan fingerprint density at radius 1 is 0.719 bits per heavy atom. The highest BCUT2D eigenvalue weighted by atomic mass is 16.2. The van der Waals surface area contributed by atoms with Gasteiger partial charge in [0.2, 0.25) is 0 Å². The van der Waals surface area contributed by atoms with Crippen LogP contribution in [0, 0.1) is 6.92 Å². The van der Waals surface area contributed by atoms with Crippen molar-refractivity contribution in [2.24, 2.45) is 0 Å². The second-order valence-electron chi connectivity index (χ2n) is 8.01. The Morgan fingerprint density at radius 3 is 1.84 bits per heavy atom. The lowest BCUT2D eigenvalue weighted by Crippen LogP contribution is -2.43. The minimum Gasteiger partial charge on any atom is -0.300 e. The van der Waals surface area contributed by atoms with Gasteiger partial charge in [-0.3, -0.25) is 33.8 Å². The van der Waals surface area contributed by atoms with Gasteiger partial charge in [-0.1, -0.05) is 17.7 Å². The molecule has 0 radical (unpaired) electrons. The fourth-order valence-corrected chi connectivity index (χ4v) is 3.91. The largest absolute Gasteiger partial charge is 0.300 e. The number of aryl methyl sites for hydroxylation is 1. The van der Waals surface area contributed by atoms with Crippen LogP contribution in [0.5, 0.6) is 0 Å². The lowest BCUT2D eigenvalue weighted by Gasteiger charge is -2.20. The van der Waals surface area contributed by atoms with Crippen LogP contribution in [-0.4, -0.2) is 51.7 Å². The van der Waals surface area contributed by atoms with Crippen LogP contribution in [-0.2, 0) is 4.79 Å². The fraction of sp³-hybridized carbons (Fsp3) is 0.250. The molecule has 0 atom stereocenters. The average Bonchev–Trinajstić information content (AvgIpc) is 3.13. The maximum Gasteiger partial charge on any atom is 0.263 e. The predicted molar refractivity (Wildman–Crippen MR) is 112 cm³/mol. The summed E-state index contributed by atoms with van der Waals surface area (Å²) in [5.41, 5.74) is 1.72. The number of Topliss-reactive ketones (excluding diaryl/α,β-unsaturated/α-hetero) is 2. The normalized spacial score (nSPS) is 14.8. The number of ketones is 2. The Kier molecular flexibility index (Phi) is 5.30. The molecule has 0 saturated heterocycles. The summed E-state index contributed by atoms with van der Waals surface area (Å²) in [6.45, 7) is 2.75. The van der Waals surface area contributed by atoms with E-state index in [2.05, 4.69) is 0 Å². The van der Waals surface area contributed by atoms with E-state index in [0.717, 1.165) is 15.4 Å². The van der Waals surface area contributed by atoms with Crippen molar-refractivity contribution < 1.29 is 28.8 Å². The first-order valence-electron chi connectivity index (χ1n) is 10.2. The third-order valence-corrected chi connectivity index (χ3v) is 5.63. The summed E-state index contributed by atoms with van der Waals surface area (Å²) in [5, 5.41) is 0. The van der Waals surface area contributed by atoms with E-state index in [4.69, 9.17) is 0 Å². The van der Waals surface area contributed by atoms with Gasteiger partial charge in [-0.15, -0.1) is 0 Å². The molecule has 8 nitrogen and oxygen atoms in total. The Balaban J connectivity index is 1.53. The van der Waals surface area contributed by atoms with Gasteiger partial charge in [-0.05, 0) is 44.5 Å². The number of fused-ring (bicyclic) bond motifs is 2. The van der Waals surface area contributed by atoms with Crippen LogP contribution >= 0.6 is 0 Å². The Morgan fingerprint density at radius 2 is 1.25 bits per heavy atom. The van der Waals surface area contributed by atoms with Crippen molar-refractivity contribution in [2.75, 3.05) is 6.67 Å². The second-order valence-corrected chi connectivity index (χ2v) is 8.01. The summed E-state index contributed by atoms with van der Waals surface area (Å²) in [4.78, 5) is 76.3. The van der Waals surface area contributed by atoms with Crippen LogP contribution < -0.4 is 0 Å². The number of carbonyl (C=O) groups excluding carboxylic acids is 6. The highest BCUT2D eigenvalue weighted by Crippen LogP contribution is 2.28. The Bertz CT molecular complexity index is 1230. The summed E-state index contributed by atoms with van der Waals surface area (Å²) >= 11 is 0. The van der Waals surface area contributed by atoms with E-state index in [-0.39, 0.29) is 45.8 Å². The number of amides is 4. The molecule has 0 aromatic heterocycles. The zero-order valence-electron chi connectivity index (χ0n) is 17.6. The summed E-state index contributed by atoms with van der Waals surface area (Å²) < 4.78 is 0. The van der Waals surface area contributed by atoms with Gasteiger partial charge >= 0.3 is 0 Å². The van der Waals surface area contributed by atoms with Crippen molar-refractivity contribution >= 4 is 35.2 Å². The van der Waals surface area contributed by atoms with Crippen molar-refractivity contribution in [1.29, 1.82) is 0 Å². The highest BCUT2D eigenvalue weighted by molar-refractivity contribution is 6.24. The molecule has 8 heteroatoms. The molecule has 2 aromatic carbocycles. The predicted octanol–water partition coefficient (Wildman–Crippen LogP) is 2.79. The molecule has 2 aliphatic heterocycles. The van der Waals surface area contributed by atoms with Crippen LogP contribution in [0.4, 0.5) is 0 Å². The third kappa shape index (κ3) is 3.53. The second kappa shape index (κ2) is 7.96. The average molecular weight is 432 g/mol. The van der Waals surface area contributed by atoms with E-state index < -0.39 is 30.3 Å². The molecular formula is C24H20N2O6. The SMILES string of the molecule is CC(=O)CCCC(=O)c1ccc2c(c1)C(=O)N(CN1C(=O)c3ccc(C)cc3C1=O)C2=O. The fourth-order valence-electron chi connectivity index (χ4n) is 3.91. The molecule has 4 rings (SSSR count). The maximum atomic E-state index is 12.9. The number of hydrogen-bond donors (Lipinski definition) is 0. The zero-order valence-corrected chi connectivity index (χ0v) is 17.6. The lowest BCUT2D eigenvalue weighted by molar-refractivity contribution is -0.117. The molecule has 0 saturated carbocycles. The van der Waals surface area contributed by atoms with Gasteiger partial charge in [0.05, 0.1) is 22.3 Å². The van der Waals surface area contributed by atoms with E-state index in [0.29, 0.717) is 12.8 Å². The number of imide groups is 2. The molecule has 2 heterocycles. The van der Waals surface area contributed by atoms with Crippen molar-refractivity contribution in [3.8, 4) is 0 Å². The molecule has 2 aromatic rings. The molecule has 2 aliphatic rings. The molecule has 32 heavy (non-hydrogen) atoms. The number of benzene rings is 2.